The normalized spacial score (nSPS) is 10.0. The molecule has 0 unspecified atom stereocenters. The summed E-state index contributed by atoms with van der Waals surface area (Å²) in [4.78, 5) is 18.7. The Kier molecular flexibility index (Phi) is 3.56. The molecule has 1 aromatic heterocycles. The number of ether oxygens (including phenoxy) is 2. The fraction of sp³-hybridized carbons (Fsp3) is 0.0833. The van der Waals surface area contributed by atoms with Crippen molar-refractivity contribution in [3.63, 3.8) is 0 Å². The Morgan fingerprint density at radius 2 is 2.16 bits per heavy atom. The van der Waals surface area contributed by atoms with Crippen LogP contribution in [0, 0.1) is 5.82 Å². The van der Waals surface area contributed by atoms with Crippen LogP contribution in [-0.4, -0.2) is 23.0 Å². The highest BCUT2D eigenvalue weighted by Crippen LogP contribution is 2.24. The lowest BCUT2D eigenvalue weighted by Gasteiger charge is -2.06. The van der Waals surface area contributed by atoms with Crippen molar-refractivity contribution in [3.8, 4) is 11.6 Å². The highest BCUT2D eigenvalue weighted by molar-refractivity contribution is 5.85. The molecule has 1 heterocycles. The summed E-state index contributed by atoms with van der Waals surface area (Å²) in [6.45, 7) is 0. The molecule has 2 N–H and O–H groups in total. The van der Waals surface area contributed by atoms with E-state index in [9.17, 15) is 9.18 Å². The molecule has 0 atom stereocenters. The third kappa shape index (κ3) is 2.95. The van der Waals surface area contributed by atoms with Crippen LogP contribution in [0.5, 0.6) is 11.6 Å². The van der Waals surface area contributed by atoms with E-state index in [1.807, 2.05) is 0 Å². The van der Waals surface area contributed by atoms with Gasteiger partial charge in [0.15, 0.2) is 11.6 Å². The number of halogens is 1. The molecule has 0 amide bonds. The van der Waals surface area contributed by atoms with Gasteiger partial charge in [-0.3, -0.25) is 0 Å². The van der Waals surface area contributed by atoms with Crippen LogP contribution in [0.25, 0.3) is 0 Å². The number of aromatic nitrogens is 2. The number of carbonyl (C=O) groups is 1. The monoisotopic (exact) mass is 263 g/mol. The molecule has 6 nitrogen and oxygen atoms in total. The number of carbonyl (C=O) groups excluding carboxylic acids is 1. The molecule has 0 aliphatic heterocycles. The highest BCUT2D eigenvalue weighted by atomic mass is 19.1. The quantitative estimate of drug-likeness (QED) is 0.670. The molecule has 2 rings (SSSR count). The van der Waals surface area contributed by atoms with Gasteiger partial charge in [-0.05, 0) is 12.1 Å². The lowest BCUT2D eigenvalue weighted by molar-refractivity contribution is 0.0585. The summed E-state index contributed by atoms with van der Waals surface area (Å²) in [6.07, 6.45) is 1.31. The van der Waals surface area contributed by atoms with Crippen LogP contribution >= 0.6 is 0 Å². The number of benzene rings is 1. The van der Waals surface area contributed by atoms with Gasteiger partial charge in [-0.15, -0.1) is 0 Å². The van der Waals surface area contributed by atoms with Crippen molar-refractivity contribution in [2.45, 2.75) is 0 Å². The van der Waals surface area contributed by atoms with Gasteiger partial charge in [0, 0.05) is 24.0 Å². The molecule has 98 valence electrons. The average molecular weight is 263 g/mol. The van der Waals surface area contributed by atoms with Crippen LogP contribution in [0.2, 0.25) is 0 Å². The molecule has 0 saturated carbocycles. The molecule has 0 bridgehead atoms. The van der Waals surface area contributed by atoms with Gasteiger partial charge < -0.3 is 15.2 Å². The van der Waals surface area contributed by atoms with Gasteiger partial charge in [0.05, 0.1) is 7.11 Å². The minimum absolute atomic E-state index is 0.0269. The van der Waals surface area contributed by atoms with Crippen molar-refractivity contribution >= 4 is 11.7 Å². The van der Waals surface area contributed by atoms with Crippen LogP contribution in [0.1, 0.15) is 10.6 Å². The first-order chi connectivity index (χ1) is 9.10. The third-order valence-corrected chi connectivity index (χ3v) is 2.17. The maximum atomic E-state index is 13.5. The number of nitrogens with zero attached hydrogens (tertiary/aromatic N) is 2. The van der Waals surface area contributed by atoms with Crippen molar-refractivity contribution in [1.29, 1.82) is 0 Å². The topological polar surface area (TPSA) is 87.3 Å². The minimum atomic E-state index is -0.705. The lowest BCUT2D eigenvalue weighted by atomic mass is 10.3. The van der Waals surface area contributed by atoms with Crippen LogP contribution in [0.3, 0.4) is 0 Å². The second-order valence-electron chi connectivity index (χ2n) is 3.50. The number of esters is 1. The minimum Gasteiger partial charge on any atom is -0.463 e. The fourth-order valence-corrected chi connectivity index (χ4v) is 1.30. The largest absolute Gasteiger partial charge is 0.463 e. The molecule has 2 aromatic rings. The van der Waals surface area contributed by atoms with Gasteiger partial charge in [-0.2, -0.15) is 4.98 Å². The zero-order valence-electron chi connectivity index (χ0n) is 9.96. The standard InChI is InChI=1S/C12H10FN3O3/c1-18-12(17)11-15-5-4-10(16-11)19-9-3-2-7(14)6-8(9)13/h2-6H,14H2,1H3. The maximum absolute atomic E-state index is 13.5. The van der Waals surface area contributed by atoms with E-state index in [1.165, 1.54) is 31.5 Å². The first-order valence-corrected chi connectivity index (χ1v) is 5.24. The van der Waals surface area contributed by atoms with Crippen LogP contribution in [0.15, 0.2) is 30.5 Å². The molecule has 1 aromatic carbocycles. The summed E-state index contributed by atoms with van der Waals surface area (Å²) < 4.78 is 23.2. The summed E-state index contributed by atoms with van der Waals surface area (Å²) in [7, 11) is 1.21. The molecular formula is C12H10FN3O3. The summed E-state index contributed by atoms with van der Waals surface area (Å²) in [5.74, 6) is -1.53. The molecule has 0 aliphatic rings. The Balaban J connectivity index is 2.26. The molecular weight excluding hydrogens is 253 g/mol. The smallest absolute Gasteiger partial charge is 0.376 e. The Morgan fingerprint density at radius 1 is 1.37 bits per heavy atom. The number of nitrogens with two attached hydrogens (primary N) is 1. The first-order valence-electron chi connectivity index (χ1n) is 5.24. The molecule has 0 spiro atoms. The van der Waals surface area contributed by atoms with Gasteiger partial charge in [0.1, 0.15) is 0 Å². The van der Waals surface area contributed by atoms with E-state index in [0.717, 1.165) is 6.07 Å². The third-order valence-electron chi connectivity index (χ3n) is 2.17. The van der Waals surface area contributed by atoms with E-state index >= 15 is 0 Å². The Bertz CT molecular complexity index is 619. The average Bonchev–Trinajstić information content (AvgIpc) is 2.41. The van der Waals surface area contributed by atoms with E-state index in [0.29, 0.717) is 0 Å². The summed E-state index contributed by atoms with van der Waals surface area (Å²) >= 11 is 0. The number of hydrogen-bond donors (Lipinski definition) is 1. The van der Waals surface area contributed by atoms with E-state index in [1.54, 1.807) is 0 Å². The highest BCUT2D eigenvalue weighted by Gasteiger charge is 2.12. The number of methoxy groups -OCH3 is 1. The number of anilines is 1. The van der Waals surface area contributed by atoms with Crippen molar-refractivity contribution in [1.82, 2.24) is 9.97 Å². The number of rotatable bonds is 3. The second kappa shape index (κ2) is 5.30. The Morgan fingerprint density at radius 3 is 2.84 bits per heavy atom. The van der Waals surface area contributed by atoms with Crippen molar-refractivity contribution < 1.29 is 18.7 Å². The second-order valence-corrected chi connectivity index (χ2v) is 3.50. The Labute approximate surface area is 108 Å². The van der Waals surface area contributed by atoms with Crippen LogP contribution in [0.4, 0.5) is 10.1 Å². The van der Waals surface area contributed by atoms with Gasteiger partial charge >= 0.3 is 5.97 Å². The summed E-state index contributed by atoms with van der Waals surface area (Å²) in [5.41, 5.74) is 5.70. The zero-order chi connectivity index (χ0) is 13.8. The number of nitrogen functional groups attached to an aromatic ring is 1. The van der Waals surface area contributed by atoms with Crippen molar-refractivity contribution in [2.75, 3.05) is 12.8 Å². The molecule has 7 heteroatoms. The van der Waals surface area contributed by atoms with Gasteiger partial charge in [-0.1, -0.05) is 0 Å². The van der Waals surface area contributed by atoms with Gasteiger partial charge in [0.2, 0.25) is 11.7 Å². The van der Waals surface area contributed by atoms with Gasteiger partial charge in [-0.25, -0.2) is 14.2 Å². The van der Waals surface area contributed by atoms with E-state index < -0.39 is 11.8 Å². The van der Waals surface area contributed by atoms with E-state index in [-0.39, 0.29) is 23.1 Å². The molecule has 0 fully saturated rings. The lowest BCUT2D eigenvalue weighted by Crippen LogP contribution is -2.07. The summed E-state index contributed by atoms with van der Waals surface area (Å²) in [5, 5.41) is 0. The van der Waals surface area contributed by atoms with E-state index in [4.69, 9.17) is 10.5 Å². The molecule has 0 saturated heterocycles. The fourth-order valence-electron chi connectivity index (χ4n) is 1.30. The maximum Gasteiger partial charge on any atom is 0.376 e. The first kappa shape index (κ1) is 12.7. The van der Waals surface area contributed by atoms with Crippen LogP contribution in [-0.2, 0) is 4.74 Å². The van der Waals surface area contributed by atoms with Crippen molar-refractivity contribution in [3.05, 3.63) is 42.1 Å². The molecule has 0 radical (unpaired) electrons. The Hall–Kier alpha value is -2.70. The SMILES string of the molecule is COC(=O)c1nccc(Oc2ccc(N)cc2F)n1. The molecule has 0 aliphatic carbocycles. The van der Waals surface area contributed by atoms with Gasteiger partial charge in [0.25, 0.3) is 0 Å². The molecule has 19 heavy (non-hydrogen) atoms. The predicted molar refractivity (Wildman–Crippen MR) is 64.3 cm³/mol. The predicted octanol–water partition coefficient (Wildman–Crippen LogP) is 1.78. The zero-order valence-corrected chi connectivity index (χ0v) is 9.96. The van der Waals surface area contributed by atoms with Crippen molar-refractivity contribution in [2.24, 2.45) is 0 Å². The summed E-state index contributed by atoms with van der Waals surface area (Å²) in [6, 6.07) is 5.37. The van der Waals surface area contributed by atoms with E-state index in [2.05, 4.69) is 14.7 Å². The number of hydrogen-bond acceptors (Lipinski definition) is 6. The van der Waals surface area contributed by atoms with Crippen LogP contribution < -0.4 is 10.5 Å².